The Morgan fingerprint density at radius 3 is 2.56 bits per heavy atom. The van der Waals surface area contributed by atoms with Crippen LogP contribution in [0, 0.1) is 0 Å². The lowest BCUT2D eigenvalue weighted by molar-refractivity contribution is -0.143. The Morgan fingerprint density at radius 2 is 1.90 bits per heavy atom. The number of halogens is 6. The number of amides is 1. The highest BCUT2D eigenvalue weighted by Gasteiger charge is 2.39. The molecule has 0 saturated carbocycles. The normalized spacial score (nSPS) is 22.6. The fourth-order valence-corrected chi connectivity index (χ4v) is 6.08. The van der Waals surface area contributed by atoms with Gasteiger partial charge < -0.3 is 15.3 Å². The van der Waals surface area contributed by atoms with Gasteiger partial charge in [0.25, 0.3) is 5.91 Å². The molecule has 2 aliphatic heterocycles. The van der Waals surface area contributed by atoms with Gasteiger partial charge in [0.05, 0.1) is 36.0 Å². The van der Waals surface area contributed by atoms with E-state index in [2.05, 4.69) is 15.4 Å². The van der Waals surface area contributed by atoms with E-state index in [1.807, 2.05) is 0 Å². The average Bonchev–Trinajstić information content (AvgIpc) is 3.62. The maximum atomic E-state index is 13.6. The van der Waals surface area contributed by atoms with Crippen LogP contribution in [0.3, 0.4) is 0 Å². The lowest BCUT2D eigenvalue weighted by Crippen LogP contribution is -2.39. The van der Waals surface area contributed by atoms with Crippen molar-refractivity contribution in [3.63, 3.8) is 0 Å². The number of likely N-dealkylation sites (N-methyl/N-ethyl adjacent to an activating group) is 1. The van der Waals surface area contributed by atoms with E-state index in [1.54, 1.807) is 30.1 Å². The zero-order valence-electron chi connectivity index (χ0n) is 21.3. The molecule has 2 aliphatic rings. The van der Waals surface area contributed by atoms with Gasteiger partial charge in [-0.25, -0.2) is 4.21 Å². The van der Waals surface area contributed by atoms with Crippen molar-refractivity contribution in [3.05, 3.63) is 69.8 Å². The number of carbonyl (C=O) groups excluding carboxylic acids is 1. The Morgan fingerprint density at radius 1 is 1.15 bits per heavy atom. The molecular weight excluding hydrogens is 576 g/mol. The first-order chi connectivity index (χ1) is 19.3. The summed E-state index contributed by atoms with van der Waals surface area (Å²) in [6.45, 7) is 0.0514. The molecule has 3 atom stereocenters. The van der Waals surface area contributed by atoms with Gasteiger partial charge >= 0.3 is 12.4 Å². The molecule has 41 heavy (non-hydrogen) atoms. The molecule has 15 heteroatoms. The molecule has 0 bridgehead atoms. The van der Waals surface area contributed by atoms with E-state index in [-0.39, 0.29) is 40.4 Å². The Balaban J connectivity index is 1.38. The van der Waals surface area contributed by atoms with Crippen LogP contribution < -0.4 is 5.32 Å². The number of amidine groups is 1. The second-order valence-electron chi connectivity index (χ2n) is 9.75. The zero-order valence-corrected chi connectivity index (χ0v) is 22.1. The summed E-state index contributed by atoms with van der Waals surface area (Å²) in [4.78, 5) is 18.2. The van der Waals surface area contributed by atoms with E-state index >= 15 is 0 Å². The number of nitrogens with zero attached hydrogens (tertiary/aromatic N) is 4. The van der Waals surface area contributed by atoms with Crippen molar-refractivity contribution in [3.8, 4) is 0 Å². The van der Waals surface area contributed by atoms with Crippen LogP contribution in [-0.2, 0) is 34.5 Å². The molecule has 1 fully saturated rings. The van der Waals surface area contributed by atoms with Crippen LogP contribution in [0.15, 0.2) is 52.5 Å². The maximum absolute atomic E-state index is 13.6. The summed E-state index contributed by atoms with van der Waals surface area (Å²) in [6.07, 6.45) is -6.55. The average molecular weight is 600 g/mol. The smallest absolute Gasteiger partial charge is 0.395 e. The topological polar surface area (TPSA) is 99.8 Å². The largest absolute Gasteiger partial charge is 0.416 e. The van der Waals surface area contributed by atoms with Crippen molar-refractivity contribution >= 4 is 38.9 Å². The van der Waals surface area contributed by atoms with Crippen LogP contribution in [0.25, 0.3) is 17.0 Å². The number of rotatable bonds is 5. The molecule has 3 unspecified atom stereocenters. The minimum absolute atomic E-state index is 0.0390. The number of aromatic nitrogens is 2. The molecule has 2 aromatic carbocycles. The van der Waals surface area contributed by atoms with Gasteiger partial charge in [-0.05, 0) is 47.9 Å². The summed E-state index contributed by atoms with van der Waals surface area (Å²) < 4.78 is 94.2. The number of fused-ring (bicyclic) bond motifs is 1. The van der Waals surface area contributed by atoms with Gasteiger partial charge in [-0.3, -0.25) is 9.48 Å². The molecule has 1 amide bonds. The first-order valence-electron chi connectivity index (χ1n) is 12.3. The van der Waals surface area contributed by atoms with Gasteiger partial charge in [-0.1, -0.05) is 12.1 Å². The number of carbonyl (C=O) groups is 1. The third kappa shape index (κ3) is 5.78. The van der Waals surface area contributed by atoms with Crippen LogP contribution in [0.4, 0.5) is 26.3 Å². The number of nitrogens with one attached hydrogen (secondary N) is 1. The molecule has 1 aromatic heterocycles. The zero-order chi connectivity index (χ0) is 29.7. The Bertz CT molecular complexity index is 1600. The predicted octanol–water partition coefficient (Wildman–Crippen LogP) is 3.76. The summed E-state index contributed by atoms with van der Waals surface area (Å²) in [5.74, 6) is -0.660. The molecule has 218 valence electrons. The predicted molar refractivity (Wildman–Crippen MR) is 139 cm³/mol. The van der Waals surface area contributed by atoms with Crippen LogP contribution in [0.2, 0.25) is 0 Å². The minimum Gasteiger partial charge on any atom is -0.395 e. The van der Waals surface area contributed by atoms with Crippen molar-refractivity contribution < 1.29 is 40.5 Å². The van der Waals surface area contributed by atoms with Gasteiger partial charge in [0.2, 0.25) is 5.17 Å². The standard InChI is InChI=1S/C26H23F6N5O3S/c1-36(19-9-18(13-38)33-11-19)24-35-23(39)22(41(24)40)7-14-2-5-21-16(6-14)10-34-37(21)12-15-3-4-17(25(27,28)29)8-20(15)26(30,31)32/h2-8,10,18-19,33,38H,9,11-13H2,1H3. The SMILES string of the molecule is CN(C1=NC(=O)C(=Cc2ccc3c(cnn3Cc3ccc(C(F)(F)F)cc3C(F)(F)F)c2)S1=O)C1CNC(CO)C1. The monoisotopic (exact) mass is 599 g/mol. The summed E-state index contributed by atoms with van der Waals surface area (Å²) >= 11 is 0. The number of aliphatic hydroxyl groups excluding tert-OH is 1. The molecule has 8 nitrogen and oxygen atoms in total. The number of aliphatic hydroxyl groups is 1. The van der Waals surface area contributed by atoms with Gasteiger partial charge in [0.1, 0.15) is 15.7 Å². The van der Waals surface area contributed by atoms with Crippen LogP contribution in [0.5, 0.6) is 0 Å². The van der Waals surface area contributed by atoms with Crippen LogP contribution in [-0.4, -0.2) is 67.4 Å². The summed E-state index contributed by atoms with van der Waals surface area (Å²) in [5.41, 5.74) is -2.31. The molecular formula is C26H23F6N5O3S. The lowest BCUT2D eigenvalue weighted by Gasteiger charge is -2.24. The van der Waals surface area contributed by atoms with Crippen molar-refractivity contribution in [1.82, 2.24) is 20.0 Å². The molecule has 0 spiro atoms. The van der Waals surface area contributed by atoms with Gasteiger partial charge in [0, 0.05) is 31.1 Å². The van der Waals surface area contributed by atoms with Gasteiger partial charge in [0.15, 0.2) is 0 Å². The second kappa shape index (κ2) is 10.7. The molecule has 1 saturated heterocycles. The number of alkyl halides is 6. The van der Waals surface area contributed by atoms with Crippen molar-refractivity contribution in [2.75, 3.05) is 20.2 Å². The highest BCUT2D eigenvalue weighted by atomic mass is 32.2. The summed E-state index contributed by atoms with van der Waals surface area (Å²) in [7, 11) is -0.172. The van der Waals surface area contributed by atoms with Crippen LogP contribution in [0.1, 0.15) is 28.7 Å². The Labute approximate surface area is 231 Å². The lowest BCUT2D eigenvalue weighted by atomic mass is 10.0. The number of aliphatic imine (C=N–C) groups is 1. The molecule has 3 heterocycles. The highest BCUT2D eigenvalue weighted by molar-refractivity contribution is 8.05. The summed E-state index contributed by atoms with van der Waals surface area (Å²) in [6, 6.07) is 5.97. The van der Waals surface area contributed by atoms with Gasteiger partial charge in [-0.15, -0.1) is 0 Å². The highest BCUT2D eigenvalue weighted by Crippen LogP contribution is 2.38. The first kappa shape index (κ1) is 29.0. The third-order valence-corrected chi connectivity index (χ3v) is 8.47. The number of hydrogen-bond donors (Lipinski definition) is 2. The quantitative estimate of drug-likeness (QED) is 0.343. The molecule has 3 aromatic rings. The van der Waals surface area contributed by atoms with Crippen molar-refractivity contribution in [2.24, 2.45) is 4.99 Å². The fourth-order valence-electron chi connectivity index (χ4n) is 4.86. The minimum atomic E-state index is -5.01. The van der Waals surface area contributed by atoms with E-state index in [9.17, 15) is 40.5 Å². The molecule has 0 radical (unpaired) electrons. The van der Waals surface area contributed by atoms with E-state index in [0.29, 0.717) is 35.5 Å². The maximum Gasteiger partial charge on any atom is 0.416 e. The van der Waals surface area contributed by atoms with Crippen LogP contribution >= 0.6 is 0 Å². The number of hydrogen-bond acceptors (Lipinski definition) is 6. The molecule has 2 N–H and O–H groups in total. The third-order valence-electron chi connectivity index (χ3n) is 7.07. The fraction of sp³-hybridized carbons (Fsp3) is 0.346. The van der Waals surface area contributed by atoms with Crippen molar-refractivity contribution in [2.45, 2.75) is 37.4 Å². The molecule has 5 rings (SSSR count). The van der Waals surface area contributed by atoms with E-state index < -0.39 is 46.7 Å². The molecule has 0 aliphatic carbocycles. The Hall–Kier alpha value is -3.56. The summed E-state index contributed by atoms with van der Waals surface area (Å²) in [5, 5.41) is 17.2. The van der Waals surface area contributed by atoms with E-state index in [4.69, 9.17) is 0 Å². The Kier molecular flexibility index (Phi) is 7.55. The van der Waals surface area contributed by atoms with Crippen molar-refractivity contribution in [1.29, 1.82) is 0 Å². The number of benzene rings is 2. The van der Waals surface area contributed by atoms with E-state index in [0.717, 1.165) is 6.07 Å². The first-order valence-corrected chi connectivity index (χ1v) is 13.5. The second-order valence-corrected chi connectivity index (χ2v) is 11.1. The van der Waals surface area contributed by atoms with Gasteiger partial charge in [-0.2, -0.15) is 36.4 Å². The van der Waals surface area contributed by atoms with E-state index in [1.165, 1.54) is 17.0 Å².